The van der Waals surface area contributed by atoms with Crippen LogP contribution in [0.1, 0.15) is 36.6 Å². The molecule has 0 spiro atoms. The molecular formula is C17H23NO3S. The zero-order valence-corrected chi connectivity index (χ0v) is 14.0. The first kappa shape index (κ1) is 16.8. The van der Waals surface area contributed by atoms with Crippen molar-refractivity contribution in [1.82, 2.24) is 5.32 Å². The molecular weight excluding hydrogens is 298 g/mol. The van der Waals surface area contributed by atoms with E-state index in [9.17, 15) is 5.11 Å². The number of hydrogen-bond donors (Lipinski definition) is 2. The minimum atomic E-state index is -0.486. The Balaban J connectivity index is 2.05. The van der Waals surface area contributed by atoms with E-state index in [1.54, 1.807) is 25.6 Å². The number of ether oxygens (including phenoxy) is 2. The monoisotopic (exact) mass is 321 g/mol. The SMILES string of the molecule is CCC(NCC(O)c1ccsc1)c1ccc(OC)c(OC)c1. The molecule has 2 rings (SSSR count). The predicted octanol–water partition coefficient (Wildman–Crippen LogP) is 3.54. The van der Waals surface area contributed by atoms with Crippen molar-refractivity contribution in [3.8, 4) is 11.5 Å². The van der Waals surface area contributed by atoms with E-state index < -0.39 is 6.10 Å². The van der Waals surface area contributed by atoms with Crippen molar-refractivity contribution in [3.63, 3.8) is 0 Å². The Morgan fingerprint density at radius 3 is 2.50 bits per heavy atom. The van der Waals surface area contributed by atoms with Crippen molar-refractivity contribution >= 4 is 11.3 Å². The minimum Gasteiger partial charge on any atom is -0.493 e. The Morgan fingerprint density at radius 2 is 1.91 bits per heavy atom. The Bertz CT molecular complexity index is 571. The maximum atomic E-state index is 10.2. The molecule has 0 aliphatic heterocycles. The predicted molar refractivity (Wildman–Crippen MR) is 89.9 cm³/mol. The molecule has 1 heterocycles. The van der Waals surface area contributed by atoms with E-state index in [0.29, 0.717) is 6.54 Å². The van der Waals surface area contributed by atoms with Gasteiger partial charge >= 0.3 is 0 Å². The van der Waals surface area contributed by atoms with E-state index in [2.05, 4.69) is 12.2 Å². The standard InChI is InChI=1S/C17H23NO3S/c1-4-14(18-10-15(19)13-7-8-22-11-13)12-5-6-16(20-2)17(9-12)21-3/h5-9,11,14-15,18-19H,4,10H2,1-3H3. The first-order valence-corrected chi connectivity index (χ1v) is 8.29. The molecule has 1 aromatic heterocycles. The van der Waals surface area contributed by atoms with Crippen LogP contribution in [0.15, 0.2) is 35.0 Å². The van der Waals surface area contributed by atoms with Crippen LogP contribution in [0.4, 0.5) is 0 Å². The van der Waals surface area contributed by atoms with E-state index in [-0.39, 0.29) is 6.04 Å². The summed E-state index contributed by atoms with van der Waals surface area (Å²) in [6.45, 7) is 2.63. The molecule has 4 nitrogen and oxygen atoms in total. The lowest BCUT2D eigenvalue weighted by atomic mass is 10.0. The highest BCUT2D eigenvalue weighted by Gasteiger charge is 2.15. The highest BCUT2D eigenvalue weighted by molar-refractivity contribution is 7.07. The van der Waals surface area contributed by atoms with Gasteiger partial charge in [-0.3, -0.25) is 0 Å². The number of thiophene rings is 1. The largest absolute Gasteiger partial charge is 0.493 e. The second-order valence-corrected chi connectivity index (χ2v) is 5.84. The van der Waals surface area contributed by atoms with Gasteiger partial charge < -0.3 is 19.9 Å². The van der Waals surface area contributed by atoms with Crippen molar-refractivity contribution in [3.05, 3.63) is 46.2 Å². The lowest BCUT2D eigenvalue weighted by Gasteiger charge is -2.21. The Hall–Kier alpha value is -1.56. The smallest absolute Gasteiger partial charge is 0.161 e. The van der Waals surface area contributed by atoms with E-state index in [1.807, 2.05) is 35.0 Å². The first-order valence-electron chi connectivity index (χ1n) is 7.35. The van der Waals surface area contributed by atoms with Gasteiger partial charge in [0, 0.05) is 12.6 Å². The van der Waals surface area contributed by atoms with Crippen LogP contribution in [0.25, 0.3) is 0 Å². The summed E-state index contributed by atoms with van der Waals surface area (Å²) in [6, 6.07) is 8.03. The molecule has 0 aliphatic rings. The van der Waals surface area contributed by atoms with Crippen LogP contribution in [-0.4, -0.2) is 25.9 Å². The van der Waals surface area contributed by atoms with Gasteiger partial charge in [-0.1, -0.05) is 13.0 Å². The topological polar surface area (TPSA) is 50.7 Å². The van der Waals surface area contributed by atoms with Crippen molar-refractivity contribution in [2.75, 3.05) is 20.8 Å². The lowest BCUT2D eigenvalue weighted by molar-refractivity contribution is 0.170. The van der Waals surface area contributed by atoms with Crippen molar-refractivity contribution in [1.29, 1.82) is 0 Å². The second-order valence-electron chi connectivity index (χ2n) is 5.06. The summed E-state index contributed by atoms with van der Waals surface area (Å²) in [5.41, 5.74) is 2.08. The fourth-order valence-electron chi connectivity index (χ4n) is 2.40. The Kier molecular flexibility index (Phi) is 6.24. The zero-order chi connectivity index (χ0) is 15.9. The van der Waals surface area contributed by atoms with Crippen LogP contribution in [0.2, 0.25) is 0 Å². The van der Waals surface area contributed by atoms with Gasteiger partial charge in [-0.25, -0.2) is 0 Å². The van der Waals surface area contributed by atoms with Gasteiger partial charge in [0.2, 0.25) is 0 Å². The molecule has 1 aromatic carbocycles. The van der Waals surface area contributed by atoms with Gasteiger partial charge in [0.25, 0.3) is 0 Å². The van der Waals surface area contributed by atoms with E-state index >= 15 is 0 Å². The molecule has 0 saturated heterocycles. The summed E-state index contributed by atoms with van der Waals surface area (Å²) in [7, 11) is 3.26. The van der Waals surface area contributed by atoms with Crippen molar-refractivity contribution in [2.24, 2.45) is 0 Å². The molecule has 0 aliphatic carbocycles. The van der Waals surface area contributed by atoms with E-state index in [4.69, 9.17) is 9.47 Å². The molecule has 2 unspecified atom stereocenters. The molecule has 0 radical (unpaired) electrons. The summed E-state index contributed by atoms with van der Waals surface area (Å²) in [5, 5.41) is 17.6. The van der Waals surface area contributed by atoms with Crippen LogP contribution in [-0.2, 0) is 0 Å². The van der Waals surface area contributed by atoms with Gasteiger partial charge in [0.15, 0.2) is 11.5 Å². The van der Waals surface area contributed by atoms with E-state index in [1.165, 1.54) is 0 Å². The molecule has 120 valence electrons. The van der Waals surface area contributed by atoms with Gasteiger partial charge in [-0.05, 0) is 46.5 Å². The zero-order valence-electron chi connectivity index (χ0n) is 13.2. The summed E-state index contributed by atoms with van der Waals surface area (Å²) < 4.78 is 10.6. The number of benzene rings is 1. The average Bonchev–Trinajstić information content (AvgIpc) is 3.09. The van der Waals surface area contributed by atoms with Crippen LogP contribution >= 0.6 is 11.3 Å². The number of nitrogens with one attached hydrogen (secondary N) is 1. The molecule has 2 N–H and O–H groups in total. The third kappa shape index (κ3) is 4.00. The van der Waals surface area contributed by atoms with Gasteiger partial charge in [0.05, 0.1) is 20.3 Å². The second kappa shape index (κ2) is 8.17. The normalized spacial score (nSPS) is 13.6. The minimum absolute atomic E-state index is 0.160. The number of methoxy groups -OCH3 is 2. The molecule has 2 atom stereocenters. The maximum Gasteiger partial charge on any atom is 0.161 e. The summed E-state index contributed by atoms with van der Waals surface area (Å²) in [5.74, 6) is 1.44. The average molecular weight is 321 g/mol. The molecule has 0 fully saturated rings. The van der Waals surface area contributed by atoms with Gasteiger partial charge in [-0.15, -0.1) is 0 Å². The summed E-state index contributed by atoms with van der Waals surface area (Å²) in [6.07, 6.45) is 0.437. The van der Waals surface area contributed by atoms with Crippen molar-refractivity contribution < 1.29 is 14.6 Å². The third-order valence-electron chi connectivity index (χ3n) is 3.70. The van der Waals surface area contributed by atoms with Crippen LogP contribution in [0, 0.1) is 0 Å². The highest BCUT2D eigenvalue weighted by atomic mass is 32.1. The fourth-order valence-corrected chi connectivity index (χ4v) is 3.11. The Labute approximate surface area is 135 Å². The molecule has 2 aromatic rings. The van der Waals surface area contributed by atoms with E-state index in [0.717, 1.165) is 29.0 Å². The molecule has 0 saturated carbocycles. The number of rotatable bonds is 8. The maximum absolute atomic E-state index is 10.2. The van der Waals surface area contributed by atoms with Crippen LogP contribution < -0.4 is 14.8 Å². The quantitative estimate of drug-likeness (QED) is 0.781. The lowest BCUT2D eigenvalue weighted by Crippen LogP contribution is -2.26. The van der Waals surface area contributed by atoms with Crippen LogP contribution in [0.3, 0.4) is 0 Å². The van der Waals surface area contributed by atoms with Crippen molar-refractivity contribution in [2.45, 2.75) is 25.5 Å². The number of aliphatic hydroxyl groups is 1. The molecule has 0 amide bonds. The third-order valence-corrected chi connectivity index (χ3v) is 4.41. The number of aliphatic hydroxyl groups excluding tert-OH is 1. The Morgan fingerprint density at radius 1 is 1.14 bits per heavy atom. The summed E-state index contributed by atoms with van der Waals surface area (Å²) >= 11 is 1.60. The van der Waals surface area contributed by atoms with Gasteiger partial charge in [-0.2, -0.15) is 11.3 Å². The molecule has 0 bridgehead atoms. The fraction of sp³-hybridized carbons (Fsp3) is 0.412. The van der Waals surface area contributed by atoms with Gasteiger partial charge in [0.1, 0.15) is 0 Å². The molecule has 5 heteroatoms. The summed E-state index contributed by atoms with van der Waals surface area (Å²) in [4.78, 5) is 0. The first-order chi connectivity index (χ1) is 10.7. The number of hydrogen-bond acceptors (Lipinski definition) is 5. The highest BCUT2D eigenvalue weighted by Crippen LogP contribution is 2.31. The molecule has 22 heavy (non-hydrogen) atoms. The van der Waals surface area contributed by atoms with Crippen LogP contribution in [0.5, 0.6) is 11.5 Å².